The van der Waals surface area contributed by atoms with Gasteiger partial charge in [-0.05, 0) is 6.92 Å². The molecule has 50 valence electrons. The zero-order valence-corrected chi connectivity index (χ0v) is 6.28. The van der Waals surface area contributed by atoms with Gasteiger partial charge in [-0.15, -0.1) is 11.6 Å². The maximum atomic E-state index is 10.6. The second-order valence-electron chi connectivity index (χ2n) is 1.26. The summed E-state index contributed by atoms with van der Waals surface area (Å²) in [4.78, 5) is 0. The number of hydrogen-bond donors (Lipinski definition) is 1. The molecule has 0 bridgehead atoms. The van der Waals surface area contributed by atoms with E-state index in [1.807, 2.05) is 0 Å². The molecule has 0 spiro atoms. The number of rotatable bonds is 3. The van der Waals surface area contributed by atoms with Crippen molar-refractivity contribution in [2.45, 2.75) is 6.92 Å². The van der Waals surface area contributed by atoms with Crippen LogP contribution in [0.4, 0.5) is 0 Å². The van der Waals surface area contributed by atoms with E-state index in [-0.39, 0.29) is 5.62 Å². The zero-order valence-electron chi connectivity index (χ0n) is 4.63. The lowest BCUT2D eigenvalue weighted by atomic mass is 10.9. The van der Waals surface area contributed by atoms with Gasteiger partial charge in [-0.1, -0.05) is 0 Å². The van der Waals surface area contributed by atoms with Crippen LogP contribution in [0.5, 0.6) is 0 Å². The highest BCUT2D eigenvalue weighted by molar-refractivity contribution is 7.58. The fraction of sp³-hybridized carbons (Fsp3) is 1.00. The SMILES string of the molecule is CCOP(N)(=O)CCl. The first-order chi connectivity index (χ1) is 3.62. The summed E-state index contributed by atoms with van der Waals surface area (Å²) in [5.41, 5.74) is 4.92. The van der Waals surface area contributed by atoms with Crippen molar-refractivity contribution < 1.29 is 9.09 Å². The first-order valence-electron chi connectivity index (χ1n) is 2.20. The molecule has 3 nitrogen and oxygen atoms in total. The molecular formula is C3H9ClNO2P. The molecular weight excluding hydrogens is 148 g/mol. The fourth-order valence-corrected chi connectivity index (χ4v) is 0.966. The predicted molar refractivity (Wildman–Crippen MR) is 34.1 cm³/mol. The highest BCUT2D eigenvalue weighted by Crippen LogP contribution is 2.37. The van der Waals surface area contributed by atoms with Gasteiger partial charge in [0.05, 0.1) is 6.61 Å². The second-order valence-corrected chi connectivity index (χ2v) is 3.93. The van der Waals surface area contributed by atoms with Gasteiger partial charge in [0, 0.05) is 0 Å². The number of alkyl halides is 1. The van der Waals surface area contributed by atoms with Gasteiger partial charge in [-0.3, -0.25) is 10.1 Å². The van der Waals surface area contributed by atoms with Crippen LogP contribution >= 0.6 is 19.1 Å². The topological polar surface area (TPSA) is 52.3 Å². The highest BCUT2D eigenvalue weighted by Gasteiger charge is 2.12. The smallest absolute Gasteiger partial charge is 0.281 e. The van der Waals surface area contributed by atoms with Crippen molar-refractivity contribution in [1.29, 1.82) is 0 Å². The minimum Gasteiger partial charge on any atom is -0.317 e. The molecule has 0 aliphatic carbocycles. The third kappa shape index (κ3) is 3.44. The van der Waals surface area contributed by atoms with E-state index in [1.54, 1.807) is 6.92 Å². The van der Waals surface area contributed by atoms with Gasteiger partial charge in [0.25, 0.3) is 7.52 Å². The lowest BCUT2D eigenvalue weighted by Gasteiger charge is -2.05. The van der Waals surface area contributed by atoms with E-state index in [4.69, 9.17) is 17.1 Å². The Balaban J connectivity index is 3.55. The largest absolute Gasteiger partial charge is 0.317 e. The molecule has 1 atom stereocenters. The van der Waals surface area contributed by atoms with Gasteiger partial charge < -0.3 is 4.52 Å². The third-order valence-corrected chi connectivity index (χ3v) is 2.54. The zero-order chi connectivity index (χ0) is 6.62. The van der Waals surface area contributed by atoms with Gasteiger partial charge in [0.1, 0.15) is 5.62 Å². The molecule has 0 aromatic heterocycles. The van der Waals surface area contributed by atoms with Gasteiger partial charge in [0.2, 0.25) is 0 Å². The Kier molecular flexibility index (Phi) is 3.65. The molecule has 0 aromatic rings. The van der Waals surface area contributed by atoms with Gasteiger partial charge in [0.15, 0.2) is 0 Å². The molecule has 0 aliphatic rings. The summed E-state index contributed by atoms with van der Waals surface area (Å²) >= 11 is 5.16. The minimum absolute atomic E-state index is 0.110. The van der Waals surface area contributed by atoms with Gasteiger partial charge >= 0.3 is 0 Å². The first kappa shape index (κ1) is 8.44. The van der Waals surface area contributed by atoms with E-state index < -0.39 is 7.52 Å². The second kappa shape index (κ2) is 3.46. The maximum Gasteiger partial charge on any atom is 0.281 e. The van der Waals surface area contributed by atoms with Crippen molar-refractivity contribution in [2.24, 2.45) is 5.50 Å². The van der Waals surface area contributed by atoms with Crippen LogP contribution in [-0.2, 0) is 9.09 Å². The van der Waals surface area contributed by atoms with Gasteiger partial charge in [-0.2, -0.15) is 0 Å². The molecule has 1 unspecified atom stereocenters. The molecule has 0 rings (SSSR count). The average molecular weight is 158 g/mol. The van der Waals surface area contributed by atoms with Crippen LogP contribution in [0.25, 0.3) is 0 Å². The Labute approximate surface area is 53.7 Å². The van der Waals surface area contributed by atoms with Crippen molar-refractivity contribution in [3.63, 3.8) is 0 Å². The van der Waals surface area contributed by atoms with Crippen molar-refractivity contribution in [1.82, 2.24) is 0 Å². The summed E-state index contributed by atoms with van der Waals surface area (Å²) in [7, 11) is -2.91. The molecule has 8 heavy (non-hydrogen) atoms. The van der Waals surface area contributed by atoms with Crippen molar-refractivity contribution in [3.8, 4) is 0 Å². The van der Waals surface area contributed by atoms with Crippen molar-refractivity contribution in [3.05, 3.63) is 0 Å². The minimum atomic E-state index is -2.91. The highest BCUT2D eigenvalue weighted by atomic mass is 35.5. The quantitative estimate of drug-likeness (QED) is 0.497. The van der Waals surface area contributed by atoms with E-state index in [9.17, 15) is 4.57 Å². The normalized spacial score (nSPS) is 17.9. The first-order valence-corrected chi connectivity index (χ1v) is 4.62. The summed E-state index contributed by atoms with van der Waals surface area (Å²) < 4.78 is 15.2. The van der Waals surface area contributed by atoms with E-state index in [2.05, 4.69) is 4.52 Å². The van der Waals surface area contributed by atoms with Gasteiger partial charge in [-0.25, -0.2) is 0 Å². The maximum absolute atomic E-state index is 10.6. The Morgan fingerprint density at radius 3 is 2.50 bits per heavy atom. The molecule has 0 heterocycles. The third-order valence-electron chi connectivity index (χ3n) is 0.514. The predicted octanol–water partition coefficient (Wildman–Crippen LogP) is 1.37. The van der Waals surface area contributed by atoms with Crippen LogP contribution in [0.3, 0.4) is 0 Å². The van der Waals surface area contributed by atoms with Crippen molar-refractivity contribution in [2.75, 3.05) is 12.2 Å². The summed E-state index contributed by atoms with van der Waals surface area (Å²) in [6.45, 7) is 2.06. The monoisotopic (exact) mass is 157 g/mol. The number of nitrogens with two attached hydrogens (primary N) is 1. The van der Waals surface area contributed by atoms with Crippen LogP contribution in [0.15, 0.2) is 0 Å². The Hall–Kier alpha value is 0.440. The summed E-state index contributed by atoms with van der Waals surface area (Å²) in [5.74, 6) is 0. The molecule has 0 saturated carbocycles. The molecule has 5 heteroatoms. The van der Waals surface area contributed by atoms with Crippen molar-refractivity contribution >= 4 is 19.1 Å². The Bertz CT molecular complexity index is 107. The van der Waals surface area contributed by atoms with Crippen LogP contribution in [0, 0.1) is 0 Å². The molecule has 0 amide bonds. The Morgan fingerprint density at radius 2 is 2.38 bits per heavy atom. The van der Waals surface area contributed by atoms with Crippen LogP contribution in [0.2, 0.25) is 0 Å². The Morgan fingerprint density at radius 1 is 1.88 bits per heavy atom. The lowest BCUT2D eigenvalue weighted by Crippen LogP contribution is -1.99. The number of hydrogen-bond acceptors (Lipinski definition) is 2. The van der Waals surface area contributed by atoms with Crippen LogP contribution < -0.4 is 5.50 Å². The summed E-state index contributed by atoms with van der Waals surface area (Å²) in [5, 5.41) is 0. The molecule has 0 radical (unpaired) electrons. The van der Waals surface area contributed by atoms with Crippen LogP contribution in [0.1, 0.15) is 6.92 Å². The molecule has 0 fully saturated rings. The molecule has 0 aliphatic heterocycles. The molecule has 0 aromatic carbocycles. The summed E-state index contributed by atoms with van der Waals surface area (Å²) in [6.07, 6.45) is 0. The summed E-state index contributed by atoms with van der Waals surface area (Å²) in [6, 6.07) is 0. The number of halogens is 1. The standard InChI is InChI=1S/C3H9ClNO2P/c1-2-7-8(5,6)3-4/h2-3H2,1H3,(H2,5,6). The molecule has 0 saturated heterocycles. The fourth-order valence-electron chi connectivity index (χ4n) is 0.253. The van der Waals surface area contributed by atoms with E-state index >= 15 is 0 Å². The molecule has 2 N–H and O–H groups in total. The average Bonchev–Trinajstić information content (AvgIpc) is 1.67. The van der Waals surface area contributed by atoms with Crippen LogP contribution in [-0.4, -0.2) is 12.2 Å². The van der Waals surface area contributed by atoms with E-state index in [1.165, 1.54) is 0 Å². The lowest BCUT2D eigenvalue weighted by molar-refractivity contribution is 0.337. The van der Waals surface area contributed by atoms with E-state index in [0.29, 0.717) is 6.61 Å². The van der Waals surface area contributed by atoms with E-state index in [0.717, 1.165) is 0 Å².